The van der Waals surface area contributed by atoms with Crippen molar-refractivity contribution in [1.82, 2.24) is 19.4 Å². The maximum Gasteiger partial charge on any atom is 0.434 e. The van der Waals surface area contributed by atoms with E-state index in [9.17, 15) is 22.0 Å². The first-order valence-electron chi connectivity index (χ1n) is 12.1. The molecule has 0 saturated carbocycles. The number of anilines is 2. The van der Waals surface area contributed by atoms with Gasteiger partial charge in [0.1, 0.15) is 10.8 Å². The van der Waals surface area contributed by atoms with Crippen molar-refractivity contribution < 1.29 is 22.0 Å². The Bertz CT molecular complexity index is 1510. The molecule has 1 aliphatic rings. The minimum Gasteiger partial charge on any atom is -0.377 e. The maximum absolute atomic E-state index is 14.0. The highest BCUT2D eigenvalue weighted by Crippen LogP contribution is 2.37. The summed E-state index contributed by atoms with van der Waals surface area (Å²) in [4.78, 5) is 14.8. The number of alkyl halides is 5. The number of hydrogen-bond acceptors (Lipinski definition) is 5. The second-order valence-electron chi connectivity index (χ2n) is 9.22. The van der Waals surface area contributed by atoms with Crippen LogP contribution in [0.1, 0.15) is 61.2 Å². The molecule has 1 unspecified atom stereocenters. The maximum atomic E-state index is 14.0. The quantitative estimate of drug-likeness (QED) is 0.197. The smallest absolute Gasteiger partial charge is 0.377 e. The summed E-state index contributed by atoms with van der Waals surface area (Å²) in [6, 6.07) is 5.19. The lowest BCUT2D eigenvalue weighted by Gasteiger charge is -2.29. The summed E-state index contributed by atoms with van der Waals surface area (Å²) in [7, 11) is 0. The number of halogens is 6. The largest absolute Gasteiger partial charge is 0.434 e. The van der Waals surface area contributed by atoms with Gasteiger partial charge >= 0.3 is 6.18 Å². The number of benzene rings is 1. The van der Waals surface area contributed by atoms with Crippen LogP contribution in [-0.2, 0) is 6.18 Å². The number of pyridine rings is 1. The van der Waals surface area contributed by atoms with Gasteiger partial charge in [0, 0.05) is 35.8 Å². The molecule has 0 aliphatic carbocycles. The Balaban J connectivity index is 1.75. The zero-order chi connectivity index (χ0) is 27.2. The molecule has 1 saturated heterocycles. The van der Waals surface area contributed by atoms with Crippen LogP contribution >= 0.6 is 11.6 Å². The standard InChI is InChI=1S/C26H24ClF5N6/c1-3-18-19(7-8-21(27)34-18)33-14(2)16-11-15(23(28)29)12-17-22(16)36-25(37-9-5-4-6-10-37)38-13-20(26(30,31)32)35-24(17)38/h3,7-8,11-14,23,33H,1,4-6,9-10H2,2H3. The summed E-state index contributed by atoms with van der Waals surface area (Å²) < 4.78 is 70.4. The van der Waals surface area contributed by atoms with E-state index in [1.807, 2.05) is 4.90 Å². The van der Waals surface area contributed by atoms with Crippen molar-refractivity contribution in [3.05, 3.63) is 64.7 Å². The molecule has 200 valence electrons. The van der Waals surface area contributed by atoms with Gasteiger partial charge in [-0.15, -0.1) is 0 Å². The molecule has 0 bridgehead atoms. The van der Waals surface area contributed by atoms with Crippen LogP contribution in [0.15, 0.2) is 37.0 Å². The fraction of sp³-hybridized carbons (Fsp3) is 0.346. The van der Waals surface area contributed by atoms with Crippen LogP contribution in [0.2, 0.25) is 5.15 Å². The molecule has 4 aromatic rings. The predicted molar refractivity (Wildman–Crippen MR) is 138 cm³/mol. The molecule has 4 heterocycles. The lowest BCUT2D eigenvalue weighted by Crippen LogP contribution is -2.32. The van der Waals surface area contributed by atoms with Crippen molar-refractivity contribution in [3.8, 4) is 0 Å². The second-order valence-corrected chi connectivity index (χ2v) is 9.61. The molecule has 0 spiro atoms. The van der Waals surface area contributed by atoms with E-state index in [0.29, 0.717) is 41.5 Å². The first-order chi connectivity index (χ1) is 18.1. The van der Waals surface area contributed by atoms with Crippen LogP contribution in [0.5, 0.6) is 0 Å². The van der Waals surface area contributed by atoms with Crippen LogP contribution in [0.4, 0.5) is 33.6 Å². The summed E-state index contributed by atoms with van der Waals surface area (Å²) in [5.74, 6) is 0.299. The van der Waals surface area contributed by atoms with Gasteiger partial charge in [-0.2, -0.15) is 13.2 Å². The van der Waals surface area contributed by atoms with Gasteiger partial charge in [-0.05, 0) is 56.5 Å². The van der Waals surface area contributed by atoms with Crippen LogP contribution in [0, 0.1) is 0 Å². The Labute approximate surface area is 220 Å². The Hall–Kier alpha value is -3.47. The molecule has 3 aromatic heterocycles. The summed E-state index contributed by atoms with van der Waals surface area (Å²) in [5.41, 5.74) is 0.187. The Kier molecular flexibility index (Phi) is 6.89. The average molecular weight is 551 g/mol. The van der Waals surface area contributed by atoms with Crippen molar-refractivity contribution in [2.24, 2.45) is 0 Å². The summed E-state index contributed by atoms with van der Waals surface area (Å²) in [5, 5.41) is 3.62. The lowest BCUT2D eigenvalue weighted by molar-refractivity contribution is -0.140. The van der Waals surface area contributed by atoms with Crippen LogP contribution in [0.3, 0.4) is 0 Å². The second kappa shape index (κ2) is 10.0. The zero-order valence-electron chi connectivity index (χ0n) is 20.4. The lowest BCUT2D eigenvalue weighted by atomic mass is 10.00. The minimum atomic E-state index is -4.71. The van der Waals surface area contributed by atoms with E-state index in [1.54, 1.807) is 19.1 Å². The topological polar surface area (TPSA) is 58.4 Å². The number of rotatable bonds is 6. The molecule has 1 atom stereocenters. The van der Waals surface area contributed by atoms with E-state index >= 15 is 0 Å². The van der Waals surface area contributed by atoms with E-state index in [0.717, 1.165) is 25.5 Å². The fourth-order valence-corrected chi connectivity index (χ4v) is 4.95. The fourth-order valence-electron chi connectivity index (χ4n) is 4.80. The van der Waals surface area contributed by atoms with Crippen LogP contribution in [-0.4, -0.2) is 32.4 Å². The highest BCUT2D eigenvalue weighted by atomic mass is 35.5. The predicted octanol–water partition coefficient (Wildman–Crippen LogP) is 7.69. The highest BCUT2D eigenvalue weighted by molar-refractivity contribution is 6.29. The van der Waals surface area contributed by atoms with Crippen LogP contribution in [0.25, 0.3) is 22.6 Å². The first kappa shape index (κ1) is 26.1. The third-order valence-electron chi connectivity index (χ3n) is 6.64. The number of hydrogen-bond donors (Lipinski definition) is 1. The Morgan fingerprint density at radius 1 is 1.08 bits per heavy atom. The molecule has 1 aliphatic heterocycles. The number of aromatic nitrogens is 4. The SMILES string of the molecule is C=Cc1nc(Cl)ccc1NC(C)c1cc(C(F)F)cc2c1nc(N1CCCCC1)n1cc(C(F)(F)F)nc21. The number of nitrogens with zero attached hydrogens (tertiary/aromatic N) is 5. The number of fused-ring (bicyclic) bond motifs is 3. The molecule has 0 radical (unpaired) electrons. The molecule has 1 fully saturated rings. The third kappa shape index (κ3) is 4.87. The van der Waals surface area contributed by atoms with E-state index < -0.39 is 24.3 Å². The van der Waals surface area contributed by atoms with Gasteiger partial charge < -0.3 is 10.2 Å². The summed E-state index contributed by atoms with van der Waals surface area (Å²) in [6.07, 6.45) is -2.43. The molecule has 5 rings (SSSR count). The van der Waals surface area contributed by atoms with Crippen molar-refractivity contribution >= 4 is 45.9 Å². The molecule has 0 amide bonds. The van der Waals surface area contributed by atoms with Crippen molar-refractivity contribution in [2.45, 2.75) is 44.8 Å². The molecular weight excluding hydrogens is 527 g/mol. The van der Waals surface area contributed by atoms with Crippen molar-refractivity contribution in [1.29, 1.82) is 0 Å². The highest BCUT2D eigenvalue weighted by Gasteiger charge is 2.35. The molecule has 6 nitrogen and oxygen atoms in total. The van der Waals surface area contributed by atoms with E-state index in [4.69, 9.17) is 16.6 Å². The Morgan fingerprint density at radius 3 is 2.47 bits per heavy atom. The van der Waals surface area contributed by atoms with E-state index in [1.165, 1.54) is 22.6 Å². The molecule has 1 aromatic carbocycles. The summed E-state index contributed by atoms with van der Waals surface area (Å²) >= 11 is 5.99. The van der Waals surface area contributed by atoms with Gasteiger partial charge in [0.15, 0.2) is 5.69 Å². The van der Waals surface area contributed by atoms with Gasteiger partial charge in [0.05, 0.1) is 22.9 Å². The van der Waals surface area contributed by atoms with Gasteiger partial charge in [-0.25, -0.2) is 23.7 Å². The van der Waals surface area contributed by atoms with Crippen molar-refractivity contribution in [3.63, 3.8) is 0 Å². The third-order valence-corrected chi connectivity index (χ3v) is 6.85. The van der Waals surface area contributed by atoms with E-state index in [-0.39, 0.29) is 21.7 Å². The number of piperidine rings is 1. The molecule has 38 heavy (non-hydrogen) atoms. The zero-order valence-corrected chi connectivity index (χ0v) is 21.1. The van der Waals surface area contributed by atoms with Crippen LogP contribution < -0.4 is 10.2 Å². The first-order valence-corrected chi connectivity index (χ1v) is 12.5. The van der Waals surface area contributed by atoms with Gasteiger partial charge in [-0.3, -0.25) is 4.40 Å². The van der Waals surface area contributed by atoms with E-state index in [2.05, 4.69) is 21.9 Å². The molecule has 1 N–H and O–H groups in total. The average Bonchev–Trinajstić information content (AvgIpc) is 3.35. The number of imidazole rings is 1. The monoisotopic (exact) mass is 550 g/mol. The van der Waals surface area contributed by atoms with Gasteiger partial charge in [0.25, 0.3) is 6.43 Å². The molecular formula is C26H24ClF5N6. The minimum absolute atomic E-state index is 0.0706. The Morgan fingerprint density at radius 2 is 1.82 bits per heavy atom. The molecule has 12 heteroatoms. The van der Waals surface area contributed by atoms with Gasteiger partial charge in [0.2, 0.25) is 5.95 Å². The van der Waals surface area contributed by atoms with Gasteiger partial charge in [-0.1, -0.05) is 18.2 Å². The summed E-state index contributed by atoms with van der Waals surface area (Å²) in [6.45, 7) is 6.72. The van der Waals surface area contributed by atoms with Crippen molar-refractivity contribution in [2.75, 3.05) is 23.3 Å². The number of nitrogens with one attached hydrogen (secondary N) is 1. The normalized spacial score (nSPS) is 15.4.